The Bertz CT molecular complexity index is 429. The van der Waals surface area contributed by atoms with Gasteiger partial charge in [-0.15, -0.1) is 0 Å². The number of rotatable bonds is 8. The monoisotopic (exact) mass is 296 g/mol. The number of hydrogen-bond donors (Lipinski definition) is 2. The number of halogens is 1. The van der Waals surface area contributed by atoms with E-state index in [0.29, 0.717) is 6.54 Å². The smallest absolute Gasteiger partial charge is 0.129 e. The molecule has 0 amide bonds. The molecule has 3 nitrogen and oxygen atoms in total. The van der Waals surface area contributed by atoms with E-state index in [0.717, 1.165) is 37.1 Å². The number of unbranched alkanes of at least 4 members (excludes halogenated alkanes) is 2. The highest BCUT2D eigenvalue weighted by Crippen LogP contribution is 2.23. The topological polar surface area (TPSA) is 35.5 Å². The van der Waals surface area contributed by atoms with Crippen LogP contribution in [0.15, 0.2) is 18.2 Å². The molecule has 1 aromatic carbocycles. The third kappa shape index (κ3) is 6.44. The summed E-state index contributed by atoms with van der Waals surface area (Å²) in [5.74, 6) is -0.161. The van der Waals surface area contributed by atoms with Gasteiger partial charge < -0.3 is 15.3 Å². The third-order valence-electron chi connectivity index (χ3n) is 3.45. The Morgan fingerprint density at radius 2 is 1.90 bits per heavy atom. The molecule has 4 heteroatoms. The van der Waals surface area contributed by atoms with E-state index in [2.05, 4.69) is 31.0 Å². The molecule has 0 aliphatic carbocycles. The summed E-state index contributed by atoms with van der Waals surface area (Å²) < 4.78 is 14.1. The van der Waals surface area contributed by atoms with Crippen LogP contribution in [0.2, 0.25) is 0 Å². The van der Waals surface area contributed by atoms with Crippen LogP contribution in [-0.2, 0) is 6.54 Å². The van der Waals surface area contributed by atoms with Gasteiger partial charge in [-0.2, -0.15) is 0 Å². The highest BCUT2D eigenvalue weighted by molar-refractivity contribution is 5.53. The molecule has 0 saturated heterocycles. The molecular weight excluding hydrogens is 267 g/mol. The van der Waals surface area contributed by atoms with Crippen LogP contribution < -0.4 is 10.2 Å². The first-order valence-electron chi connectivity index (χ1n) is 7.69. The minimum atomic E-state index is -0.161. The summed E-state index contributed by atoms with van der Waals surface area (Å²) in [6.45, 7) is 7.85. The molecular formula is C17H29FN2O. The van der Waals surface area contributed by atoms with E-state index in [4.69, 9.17) is 5.11 Å². The van der Waals surface area contributed by atoms with Crippen LogP contribution in [0.25, 0.3) is 0 Å². The van der Waals surface area contributed by atoms with Gasteiger partial charge >= 0.3 is 0 Å². The van der Waals surface area contributed by atoms with E-state index >= 15 is 0 Å². The standard InChI is InChI=1S/C17H29FN2O/c1-17(2,3)19-13-14-15(18)9-8-10-16(14)20(4)11-6-5-7-12-21/h8-10,19,21H,5-7,11-13H2,1-4H3. The molecule has 120 valence electrons. The predicted octanol–water partition coefficient (Wildman–Crippen LogP) is 3.31. The fourth-order valence-electron chi connectivity index (χ4n) is 2.19. The zero-order chi connectivity index (χ0) is 15.9. The second-order valence-corrected chi connectivity index (χ2v) is 6.55. The van der Waals surface area contributed by atoms with Crippen LogP contribution in [0, 0.1) is 5.82 Å². The van der Waals surface area contributed by atoms with Gasteiger partial charge in [0.2, 0.25) is 0 Å². The minimum Gasteiger partial charge on any atom is -0.396 e. The largest absolute Gasteiger partial charge is 0.396 e. The van der Waals surface area contributed by atoms with Gasteiger partial charge in [-0.25, -0.2) is 4.39 Å². The molecule has 0 aromatic heterocycles. The number of aliphatic hydroxyl groups is 1. The molecule has 0 aliphatic heterocycles. The molecule has 1 rings (SSSR count). The van der Waals surface area contributed by atoms with Gasteiger partial charge in [-0.3, -0.25) is 0 Å². The Morgan fingerprint density at radius 3 is 2.52 bits per heavy atom. The van der Waals surface area contributed by atoms with Crippen molar-refractivity contribution < 1.29 is 9.50 Å². The molecule has 0 atom stereocenters. The lowest BCUT2D eigenvalue weighted by atomic mass is 10.1. The SMILES string of the molecule is CN(CCCCCO)c1cccc(F)c1CNC(C)(C)C. The maximum absolute atomic E-state index is 14.1. The van der Waals surface area contributed by atoms with E-state index in [1.165, 1.54) is 6.07 Å². The number of nitrogens with zero attached hydrogens (tertiary/aromatic N) is 1. The zero-order valence-electron chi connectivity index (χ0n) is 13.7. The summed E-state index contributed by atoms with van der Waals surface area (Å²) in [6, 6.07) is 5.24. The van der Waals surface area contributed by atoms with E-state index < -0.39 is 0 Å². The molecule has 0 unspecified atom stereocenters. The lowest BCUT2D eigenvalue weighted by Gasteiger charge is -2.26. The maximum atomic E-state index is 14.1. The van der Waals surface area contributed by atoms with E-state index in [1.807, 2.05) is 13.1 Å². The van der Waals surface area contributed by atoms with Gasteiger partial charge in [0.05, 0.1) is 0 Å². The van der Waals surface area contributed by atoms with Crippen LogP contribution in [0.3, 0.4) is 0 Å². The molecule has 0 spiro atoms. The summed E-state index contributed by atoms with van der Waals surface area (Å²) in [5, 5.41) is 12.2. The van der Waals surface area contributed by atoms with Gasteiger partial charge in [0.25, 0.3) is 0 Å². The maximum Gasteiger partial charge on any atom is 0.129 e. The minimum absolute atomic E-state index is 0.0424. The Balaban J connectivity index is 2.74. The molecule has 1 aromatic rings. The van der Waals surface area contributed by atoms with Crippen LogP contribution in [0.5, 0.6) is 0 Å². The summed E-state index contributed by atoms with van der Waals surface area (Å²) in [4.78, 5) is 2.10. The highest BCUT2D eigenvalue weighted by Gasteiger charge is 2.15. The number of hydrogen-bond acceptors (Lipinski definition) is 3. The Kier molecular flexibility index (Phi) is 7.12. The lowest BCUT2D eigenvalue weighted by Crippen LogP contribution is -2.36. The highest BCUT2D eigenvalue weighted by atomic mass is 19.1. The van der Waals surface area contributed by atoms with E-state index in [1.54, 1.807) is 6.07 Å². The quantitative estimate of drug-likeness (QED) is 0.722. The molecule has 0 aliphatic rings. The first kappa shape index (κ1) is 17.9. The second kappa shape index (κ2) is 8.35. The van der Waals surface area contributed by atoms with Crippen molar-refractivity contribution in [3.8, 4) is 0 Å². The second-order valence-electron chi connectivity index (χ2n) is 6.55. The molecule has 0 fully saturated rings. The Labute approximate surface area is 128 Å². The normalized spacial score (nSPS) is 11.7. The number of nitrogens with one attached hydrogen (secondary N) is 1. The van der Waals surface area contributed by atoms with E-state index in [9.17, 15) is 4.39 Å². The van der Waals surface area contributed by atoms with Crippen LogP contribution in [0.4, 0.5) is 10.1 Å². The van der Waals surface area contributed by atoms with Crippen molar-refractivity contribution in [3.05, 3.63) is 29.6 Å². The van der Waals surface area contributed by atoms with Crippen molar-refractivity contribution in [1.82, 2.24) is 5.32 Å². The van der Waals surface area contributed by atoms with Crippen LogP contribution >= 0.6 is 0 Å². The first-order chi connectivity index (χ1) is 9.85. The van der Waals surface area contributed by atoms with Gasteiger partial charge in [0.1, 0.15) is 5.82 Å². The molecule has 0 saturated carbocycles. The van der Waals surface area contributed by atoms with Gasteiger partial charge in [0, 0.05) is 43.5 Å². The summed E-state index contributed by atoms with van der Waals surface area (Å²) in [7, 11) is 1.99. The first-order valence-corrected chi connectivity index (χ1v) is 7.69. The molecule has 0 radical (unpaired) electrons. The lowest BCUT2D eigenvalue weighted by molar-refractivity contribution is 0.283. The molecule has 0 heterocycles. The summed E-state index contributed by atoms with van der Waals surface area (Å²) in [5.41, 5.74) is 1.62. The van der Waals surface area contributed by atoms with Crippen molar-refractivity contribution in [3.63, 3.8) is 0 Å². The Hall–Kier alpha value is -1.13. The van der Waals surface area contributed by atoms with Crippen molar-refractivity contribution in [1.29, 1.82) is 0 Å². The van der Waals surface area contributed by atoms with Gasteiger partial charge in [0.15, 0.2) is 0 Å². The average molecular weight is 296 g/mol. The van der Waals surface area contributed by atoms with Crippen molar-refractivity contribution in [2.24, 2.45) is 0 Å². The van der Waals surface area contributed by atoms with Crippen molar-refractivity contribution in [2.75, 3.05) is 25.1 Å². The summed E-state index contributed by atoms with van der Waals surface area (Å²) >= 11 is 0. The van der Waals surface area contributed by atoms with Crippen molar-refractivity contribution in [2.45, 2.75) is 52.1 Å². The molecule has 21 heavy (non-hydrogen) atoms. The number of aliphatic hydroxyl groups excluding tert-OH is 1. The number of benzene rings is 1. The fraction of sp³-hybridized carbons (Fsp3) is 0.647. The van der Waals surface area contributed by atoms with Crippen molar-refractivity contribution >= 4 is 5.69 Å². The Morgan fingerprint density at radius 1 is 1.19 bits per heavy atom. The number of anilines is 1. The molecule has 2 N–H and O–H groups in total. The fourth-order valence-corrected chi connectivity index (χ4v) is 2.19. The van der Waals surface area contributed by atoms with Crippen LogP contribution in [-0.4, -0.2) is 30.8 Å². The van der Waals surface area contributed by atoms with Gasteiger partial charge in [-0.05, 0) is 52.2 Å². The average Bonchev–Trinajstić information content (AvgIpc) is 2.40. The third-order valence-corrected chi connectivity index (χ3v) is 3.45. The van der Waals surface area contributed by atoms with Gasteiger partial charge in [-0.1, -0.05) is 6.07 Å². The predicted molar refractivity (Wildman–Crippen MR) is 87.2 cm³/mol. The van der Waals surface area contributed by atoms with Crippen LogP contribution in [0.1, 0.15) is 45.6 Å². The molecule has 0 bridgehead atoms. The zero-order valence-corrected chi connectivity index (χ0v) is 13.7. The summed E-state index contributed by atoms with van der Waals surface area (Å²) in [6.07, 6.45) is 2.82. The van der Waals surface area contributed by atoms with E-state index in [-0.39, 0.29) is 18.0 Å².